The highest BCUT2D eigenvalue weighted by Crippen LogP contribution is 2.26. The average molecular weight is 450 g/mol. The molecule has 6 heteroatoms. The molecule has 0 aliphatic carbocycles. The fraction of sp³-hybridized carbons (Fsp3) is 0.346. The van der Waals surface area contributed by atoms with Crippen molar-refractivity contribution in [1.29, 1.82) is 0 Å². The highest BCUT2D eigenvalue weighted by molar-refractivity contribution is 7.16. The zero-order valence-corrected chi connectivity index (χ0v) is 19.7. The van der Waals surface area contributed by atoms with Gasteiger partial charge in [-0.1, -0.05) is 38.1 Å². The van der Waals surface area contributed by atoms with E-state index in [1.165, 1.54) is 4.70 Å². The van der Waals surface area contributed by atoms with E-state index in [2.05, 4.69) is 30.1 Å². The van der Waals surface area contributed by atoms with Crippen molar-refractivity contribution in [3.05, 3.63) is 65.2 Å². The molecule has 3 rings (SSSR count). The molecule has 2 N–H and O–H groups in total. The molecule has 0 fully saturated rings. The number of hydrogen-bond donors (Lipinski definition) is 1. The van der Waals surface area contributed by atoms with E-state index in [0.29, 0.717) is 44.5 Å². The average Bonchev–Trinajstić information content (AvgIpc) is 3.29. The van der Waals surface area contributed by atoms with Gasteiger partial charge in [-0.05, 0) is 66.8 Å². The molecule has 32 heavy (non-hydrogen) atoms. The Morgan fingerprint density at radius 2 is 1.81 bits per heavy atom. The van der Waals surface area contributed by atoms with Crippen molar-refractivity contribution in [2.24, 2.45) is 5.73 Å². The van der Waals surface area contributed by atoms with Crippen molar-refractivity contribution in [3.8, 4) is 11.1 Å². The number of rotatable bonds is 11. The molecule has 0 spiro atoms. The Bertz CT molecular complexity index is 1090. The number of amides is 1. The number of nitrogens with zero attached hydrogens (tertiary/aromatic N) is 2. The molecule has 1 heterocycles. The molecule has 0 atom stereocenters. The normalized spacial score (nSPS) is 11.7. The van der Waals surface area contributed by atoms with Gasteiger partial charge in [0, 0.05) is 25.1 Å². The summed E-state index contributed by atoms with van der Waals surface area (Å²) in [4.78, 5) is 31.5. The van der Waals surface area contributed by atoms with E-state index in [1.807, 2.05) is 47.7 Å². The van der Waals surface area contributed by atoms with E-state index in [4.69, 9.17) is 5.73 Å². The van der Waals surface area contributed by atoms with Crippen LogP contribution in [0.25, 0.3) is 21.3 Å². The van der Waals surface area contributed by atoms with E-state index in [9.17, 15) is 9.59 Å². The van der Waals surface area contributed by atoms with Crippen molar-refractivity contribution in [2.75, 3.05) is 19.6 Å². The highest BCUT2D eigenvalue weighted by atomic mass is 32.1. The van der Waals surface area contributed by atoms with Gasteiger partial charge in [0.2, 0.25) is 0 Å². The quantitative estimate of drug-likeness (QED) is 0.394. The number of aromatic nitrogens is 1. The van der Waals surface area contributed by atoms with Crippen molar-refractivity contribution >= 4 is 33.2 Å². The van der Waals surface area contributed by atoms with E-state index < -0.39 is 0 Å². The van der Waals surface area contributed by atoms with E-state index >= 15 is 0 Å². The Balaban J connectivity index is 1.69. The zero-order chi connectivity index (χ0) is 22.9. The predicted molar refractivity (Wildman–Crippen MR) is 133 cm³/mol. The summed E-state index contributed by atoms with van der Waals surface area (Å²) < 4.78 is 1.17. The van der Waals surface area contributed by atoms with E-state index in [1.54, 1.807) is 11.3 Å². The van der Waals surface area contributed by atoms with Crippen LogP contribution in [0.3, 0.4) is 0 Å². The summed E-state index contributed by atoms with van der Waals surface area (Å²) in [6.45, 7) is 5.69. The fourth-order valence-electron chi connectivity index (χ4n) is 3.75. The summed E-state index contributed by atoms with van der Waals surface area (Å²) in [7, 11) is 0. The van der Waals surface area contributed by atoms with Gasteiger partial charge >= 0.3 is 0 Å². The van der Waals surface area contributed by atoms with Gasteiger partial charge in [0.25, 0.3) is 5.91 Å². The van der Waals surface area contributed by atoms with Gasteiger partial charge in [0.1, 0.15) is 0 Å². The molecule has 0 aliphatic rings. The van der Waals surface area contributed by atoms with Gasteiger partial charge in [-0.3, -0.25) is 9.59 Å². The number of allylic oxidation sites excluding steroid dienone is 1. The summed E-state index contributed by atoms with van der Waals surface area (Å²) >= 11 is 1.63. The third-order valence-electron chi connectivity index (χ3n) is 5.48. The fourth-order valence-corrected chi connectivity index (χ4v) is 4.41. The lowest BCUT2D eigenvalue weighted by Crippen LogP contribution is -2.32. The monoisotopic (exact) mass is 449 g/mol. The van der Waals surface area contributed by atoms with Crippen LogP contribution < -0.4 is 5.73 Å². The van der Waals surface area contributed by atoms with Crippen LogP contribution in [0.4, 0.5) is 0 Å². The zero-order valence-electron chi connectivity index (χ0n) is 18.8. The molecule has 2 aromatic carbocycles. The third-order valence-corrected chi connectivity index (χ3v) is 6.29. The number of hydrogen-bond acceptors (Lipinski definition) is 5. The molecule has 0 aliphatic heterocycles. The first-order valence-corrected chi connectivity index (χ1v) is 12.1. The van der Waals surface area contributed by atoms with Crippen molar-refractivity contribution in [2.45, 2.75) is 39.5 Å². The predicted octanol–water partition coefficient (Wildman–Crippen LogP) is 5.46. The summed E-state index contributed by atoms with van der Waals surface area (Å²) in [5.74, 6) is 0.128. The summed E-state index contributed by atoms with van der Waals surface area (Å²) in [6.07, 6.45) is 4.57. The lowest BCUT2D eigenvalue weighted by molar-refractivity contribution is -0.115. The molecular weight excluding hydrogens is 418 g/mol. The molecular formula is C26H31N3O2S. The van der Waals surface area contributed by atoms with Gasteiger partial charge in [-0.25, -0.2) is 4.98 Å². The van der Waals surface area contributed by atoms with Gasteiger partial charge < -0.3 is 10.6 Å². The SMILES string of the molecule is CCCN(CC/C=C(/CC)C(=O)CCN)C(=O)c1ccc(-c2ccc3scnc3c2)cc1. The Hall–Kier alpha value is -2.83. The molecule has 168 valence electrons. The topological polar surface area (TPSA) is 76.3 Å². The van der Waals surface area contributed by atoms with Crippen LogP contribution in [0.1, 0.15) is 49.9 Å². The first-order valence-electron chi connectivity index (χ1n) is 11.2. The summed E-state index contributed by atoms with van der Waals surface area (Å²) in [6, 6.07) is 14.0. The van der Waals surface area contributed by atoms with Crippen molar-refractivity contribution in [3.63, 3.8) is 0 Å². The minimum absolute atomic E-state index is 0.0214. The maximum atomic E-state index is 13.1. The van der Waals surface area contributed by atoms with Gasteiger partial charge in [0.05, 0.1) is 15.7 Å². The molecule has 5 nitrogen and oxygen atoms in total. The van der Waals surface area contributed by atoms with Crippen LogP contribution in [0, 0.1) is 0 Å². The van der Waals surface area contributed by atoms with Gasteiger partial charge in [-0.2, -0.15) is 0 Å². The lowest BCUT2D eigenvalue weighted by atomic mass is 10.0. The smallest absolute Gasteiger partial charge is 0.253 e. The number of ketones is 1. The third kappa shape index (κ3) is 5.90. The second-order valence-corrected chi connectivity index (χ2v) is 8.62. The Labute approximate surface area is 194 Å². The van der Waals surface area contributed by atoms with Crippen LogP contribution in [0.5, 0.6) is 0 Å². The van der Waals surface area contributed by atoms with Gasteiger partial charge in [0.15, 0.2) is 5.78 Å². The largest absolute Gasteiger partial charge is 0.338 e. The standard InChI is InChI=1S/C26H31N3O2S/c1-3-15-29(16-5-6-19(4-2)24(30)13-14-27)26(31)21-9-7-20(8-10-21)22-11-12-25-23(17-22)28-18-32-25/h6-12,17-18H,3-5,13-16,27H2,1-2H3/b19-6-. The Morgan fingerprint density at radius 3 is 2.50 bits per heavy atom. The molecule has 3 aromatic rings. The summed E-state index contributed by atoms with van der Waals surface area (Å²) in [5.41, 5.74) is 12.0. The maximum absolute atomic E-state index is 13.1. The molecule has 0 saturated heterocycles. The number of nitrogens with two attached hydrogens (primary N) is 1. The number of benzene rings is 2. The Kier molecular flexibility index (Phi) is 8.71. The molecule has 1 amide bonds. The minimum Gasteiger partial charge on any atom is -0.338 e. The van der Waals surface area contributed by atoms with Crippen LogP contribution in [0.2, 0.25) is 0 Å². The van der Waals surface area contributed by atoms with Crippen LogP contribution in [-0.2, 0) is 4.79 Å². The van der Waals surface area contributed by atoms with Crippen molar-refractivity contribution < 1.29 is 9.59 Å². The number of fused-ring (bicyclic) bond motifs is 1. The minimum atomic E-state index is 0.0214. The summed E-state index contributed by atoms with van der Waals surface area (Å²) in [5, 5.41) is 0. The van der Waals surface area contributed by atoms with Gasteiger partial charge in [-0.15, -0.1) is 11.3 Å². The molecule has 1 aromatic heterocycles. The molecule has 0 bridgehead atoms. The van der Waals surface area contributed by atoms with Crippen molar-refractivity contribution in [1.82, 2.24) is 9.88 Å². The second kappa shape index (κ2) is 11.7. The highest BCUT2D eigenvalue weighted by Gasteiger charge is 2.15. The number of carbonyl (C=O) groups excluding carboxylic acids is 2. The van der Waals surface area contributed by atoms with Crippen LogP contribution in [0.15, 0.2) is 59.6 Å². The second-order valence-electron chi connectivity index (χ2n) is 7.74. The van der Waals surface area contributed by atoms with E-state index in [-0.39, 0.29) is 11.7 Å². The maximum Gasteiger partial charge on any atom is 0.253 e. The first-order chi connectivity index (χ1) is 15.6. The molecule has 0 radical (unpaired) electrons. The molecule has 0 saturated carbocycles. The number of Topliss-reactive ketones (excluding diaryl/α,β-unsaturated/α-hetero) is 1. The molecule has 0 unspecified atom stereocenters. The van der Waals surface area contributed by atoms with E-state index in [0.717, 1.165) is 28.6 Å². The number of thiazole rings is 1. The first kappa shape index (κ1) is 23.8. The Morgan fingerprint density at radius 1 is 1.06 bits per heavy atom. The van der Waals surface area contributed by atoms with Crippen LogP contribution in [-0.4, -0.2) is 41.2 Å². The number of carbonyl (C=O) groups is 2. The lowest BCUT2D eigenvalue weighted by Gasteiger charge is -2.22. The van der Waals surface area contributed by atoms with Crippen LogP contribution >= 0.6 is 11.3 Å².